The number of hydrogen-bond acceptors (Lipinski definition) is 9. The van der Waals surface area contributed by atoms with Crippen molar-refractivity contribution in [2.24, 2.45) is 23.7 Å². The second kappa shape index (κ2) is 21.8. The van der Waals surface area contributed by atoms with Crippen LogP contribution in [0.4, 0.5) is 0 Å². The Kier molecular flexibility index (Phi) is 18.6. The molecule has 0 radical (unpaired) electrons. The van der Waals surface area contributed by atoms with Crippen LogP contribution in [0.3, 0.4) is 0 Å². The summed E-state index contributed by atoms with van der Waals surface area (Å²) < 4.78 is 16.8. The van der Waals surface area contributed by atoms with Crippen molar-refractivity contribution in [3.8, 4) is 0 Å². The van der Waals surface area contributed by atoms with Gasteiger partial charge in [0, 0.05) is 39.9 Å². The normalized spacial score (nSPS) is 17.5. The third-order valence-corrected chi connectivity index (χ3v) is 10.4. The number of ether oxygens (including phenoxy) is 3. The number of carbonyl (C=O) groups excluding carboxylic acids is 5. The fraction of sp³-hybridized carbons (Fsp3) is 0.675. The van der Waals surface area contributed by atoms with E-state index >= 15 is 0 Å². The third kappa shape index (κ3) is 12.1. The minimum absolute atomic E-state index is 0.0217. The van der Waals surface area contributed by atoms with Gasteiger partial charge in [-0.25, -0.2) is 4.79 Å². The lowest BCUT2D eigenvalue weighted by atomic mass is 9.89. The molecule has 1 unspecified atom stereocenters. The Morgan fingerprint density at radius 3 is 2.00 bits per heavy atom. The Labute approximate surface area is 316 Å². The Bertz CT molecular complexity index is 1390. The molecule has 0 spiro atoms. The lowest BCUT2D eigenvalue weighted by molar-refractivity contribution is -0.146. The summed E-state index contributed by atoms with van der Waals surface area (Å²) in [6.07, 6.45) is 1.95. The molecule has 4 amide bonds. The number of likely N-dealkylation sites (N-methyl/N-ethyl adjacent to an activating group) is 2. The van der Waals surface area contributed by atoms with Crippen molar-refractivity contribution in [1.82, 2.24) is 25.8 Å². The van der Waals surface area contributed by atoms with Gasteiger partial charge in [0.05, 0.1) is 37.6 Å². The number of rotatable bonds is 21. The van der Waals surface area contributed by atoms with Crippen LogP contribution in [0.15, 0.2) is 42.1 Å². The van der Waals surface area contributed by atoms with Crippen LogP contribution >= 0.6 is 0 Å². The maximum atomic E-state index is 14.1. The Morgan fingerprint density at radius 1 is 0.868 bits per heavy atom. The first-order chi connectivity index (χ1) is 25.1. The summed E-state index contributed by atoms with van der Waals surface area (Å²) in [7, 11) is 7.73. The lowest BCUT2D eigenvalue weighted by Crippen LogP contribution is -2.59. The van der Waals surface area contributed by atoms with E-state index in [0.29, 0.717) is 25.1 Å². The van der Waals surface area contributed by atoms with Crippen LogP contribution < -0.4 is 16.0 Å². The quantitative estimate of drug-likeness (QED) is 0.161. The Balaban J connectivity index is 2.28. The third-order valence-electron chi connectivity index (χ3n) is 10.4. The zero-order valence-electron chi connectivity index (χ0n) is 33.9. The number of hydrogen-bond donors (Lipinski definition) is 3. The van der Waals surface area contributed by atoms with E-state index in [1.54, 1.807) is 30.8 Å². The molecule has 8 atom stereocenters. The number of methoxy groups -OCH3 is 3. The van der Waals surface area contributed by atoms with Crippen LogP contribution in [0, 0.1) is 23.7 Å². The molecule has 13 nitrogen and oxygen atoms in total. The predicted octanol–water partition coefficient (Wildman–Crippen LogP) is 3.32. The van der Waals surface area contributed by atoms with Gasteiger partial charge in [-0.3, -0.25) is 19.2 Å². The van der Waals surface area contributed by atoms with E-state index in [-0.39, 0.29) is 48.3 Å². The van der Waals surface area contributed by atoms with Gasteiger partial charge in [-0.2, -0.15) is 0 Å². The highest BCUT2D eigenvalue weighted by Gasteiger charge is 2.41. The highest BCUT2D eigenvalue weighted by molar-refractivity contribution is 5.90. The summed E-state index contributed by atoms with van der Waals surface area (Å²) in [5, 5.41) is 8.84. The number of carbonyl (C=O) groups is 5. The molecule has 1 aromatic rings. The molecular formula is C40H65N5O8. The van der Waals surface area contributed by atoms with Gasteiger partial charge < -0.3 is 40.0 Å². The summed E-state index contributed by atoms with van der Waals surface area (Å²) in [6.45, 7) is 13.8. The fourth-order valence-electron chi connectivity index (χ4n) is 7.08. The number of nitrogens with zero attached hydrogens (tertiary/aromatic N) is 2. The monoisotopic (exact) mass is 743 g/mol. The highest BCUT2D eigenvalue weighted by atomic mass is 16.5. The van der Waals surface area contributed by atoms with E-state index in [1.165, 1.54) is 21.3 Å². The van der Waals surface area contributed by atoms with Gasteiger partial charge in [-0.15, -0.1) is 0 Å². The molecule has 0 aliphatic carbocycles. The SMILES string of the molecule is CCC(C)[C@@H]([C@@H](CC(=O)N1CCC=C1[C@H](OC)[C@@H](C)C(=O)N[C@@H](Cc1ccccc1)C(=O)OC)OC)N(C)C(=O)[C@@H](NC(=O)[C@@H](NC)C(C)C)C(C)C. The number of amides is 4. The van der Waals surface area contributed by atoms with Crippen molar-refractivity contribution in [3.63, 3.8) is 0 Å². The van der Waals surface area contributed by atoms with Crippen LogP contribution in [0.25, 0.3) is 0 Å². The molecule has 13 heteroatoms. The van der Waals surface area contributed by atoms with Gasteiger partial charge >= 0.3 is 5.97 Å². The minimum atomic E-state index is -0.909. The standard InChI is InChI=1S/C40H65N5O8/c1-13-26(6)35(44(9)39(49)34(25(4)5)43-38(48)33(41-8)24(2)3)31(51-10)23-32(46)45-21-17-20-30(45)36(52-11)27(7)37(47)42-29(40(50)53-12)22-28-18-15-14-16-19-28/h14-16,18-20,24-27,29,31,33-36,41H,13,17,21-23H2,1-12H3,(H,42,47)(H,43,48)/t26?,27-,29+,31-,33+,34+,35+,36-/m1/s1. The van der Waals surface area contributed by atoms with Crippen LogP contribution in [0.2, 0.25) is 0 Å². The molecule has 1 heterocycles. The van der Waals surface area contributed by atoms with Crippen LogP contribution in [-0.4, -0.2) is 118 Å². The first-order valence-corrected chi connectivity index (χ1v) is 18.8. The molecule has 0 saturated heterocycles. The largest absolute Gasteiger partial charge is 0.467 e. The highest BCUT2D eigenvalue weighted by Crippen LogP contribution is 2.29. The predicted molar refractivity (Wildman–Crippen MR) is 204 cm³/mol. The Morgan fingerprint density at radius 2 is 1.49 bits per heavy atom. The average molecular weight is 744 g/mol. The number of nitrogens with one attached hydrogen (secondary N) is 3. The zero-order valence-corrected chi connectivity index (χ0v) is 33.9. The lowest BCUT2D eigenvalue weighted by Gasteiger charge is -2.40. The fourth-order valence-corrected chi connectivity index (χ4v) is 7.08. The van der Waals surface area contributed by atoms with Crippen LogP contribution in [0.5, 0.6) is 0 Å². The smallest absolute Gasteiger partial charge is 0.328 e. The van der Waals surface area contributed by atoms with Gasteiger partial charge in [-0.1, -0.05) is 91.3 Å². The summed E-state index contributed by atoms with van der Waals surface area (Å²) in [4.78, 5) is 71.0. The zero-order chi connectivity index (χ0) is 40.0. The number of benzene rings is 1. The van der Waals surface area contributed by atoms with Gasteiger partial charge in [0.15, 0.2) is 0 Å². The molecule has 0 fully saturated rings. The van der Waals surface area contributed by atoms with Gasteiger partial charge in [0.1, 0.15) is 18.2 Å². The summed E-state index contributed by atoms with van der Waals surface area (Å²) in [5.74, 6) is -2.71. The topological polar surface area (TPSA) is 156 Å². The van der Waals surface area contributed by atoms with Gasteiger partial charge in [-0.05, 0) is 36.8 Å². The maximum absolute atomic E-state index is 14.1. The van der Waals surface area contributed by atoms with Crippen molar-refractivity contribution in [2.75, 3.05) is 42.0 Å². The molecular weight excluding hydrogens is 678 g/mol. The number of esters is 1. The molecule has 298 valence electrons. The molecule has 0 saturated carbocycles. The minimum Gasteiger partial charge on any atom is -0.467 e. The van der Waals surface area contributed by atoms with Gasteiger partial charge in [0.2, 0.25) is 23.6 Å². The van der Waals surface area contributed by atoms with Crippen LogP contribution in [-0.2, 0) is 44.6 Å². The second-order valence-electron chi connectivity index (χ2n) is 14.7. The molecule has 53 heavy (non-hydrogen) atoms. The molecule has 0 aromatic heterocycles. The summed E-state index contributed by atoms with van der Waals surface area (Å²) in [6, 6.07) is 6.70. The average Bonchev–Trinajstić information content (AvgIpc) is 3.62. The second-order valence-corrected chi connectivity index (χ2v) is 14.7. The van der Waals surface area contributed by atoms with Crippen molar-refractivity contribution in [2.45, 2.75) is 111 Å². The van der Waals surface area contributed by atoms with Crippen molar-refractivity contribution < 1.29 is 38.2 Å². The van der Waals surface area contributed by atoms with Crippen LogP contribution in [0.1, 0.15) is 73.3 Å². The summed E-state index contributed by atoms with van der Waals surface area (Å²) >= 11 is 0. The Hall–Kier alpha value is -3.81. The van der Waals surface area contributed by atoms with E-state index in [1.807, 2.05) is 78.0 Å². The van der Waals surface area contributed by atoms with Crippen molar-refractivity contribution >= 4 is 29.6 Å². The summed E-state index contributed by atoms with van der Waals surface area (Å²) in [5.41, 5.74) is 1.42. The van der Waals surface area contributed by atoms with E-state index in [2.05, 4.69) is 16.0 Å². The maximum Gasteiger partial charge on any atom is 0.328 e. The van der Waals surface area contributed by atoms with Gasteiger partial charge in [0.25, 0.3) is 0 Å². The van der Waals surface area contributed by atoms with E-state index in [0.717, 1.165) is 5.56 Å². The first kappa shape index (κ1) is 45.3. The van der Waals surface area contributed by atoms with E-state index in [4.69, 9.17) is 14.2 Å². The van der Waals surface area contributed by atoms with Crippen molar-refractivity contribution in [1.29, 1.82) is 0 Å². The molecule has 0 bridgehead atoms. The van der Waals surface area contributed by atoms with E-state index < -0.39 is 54.2 Å². The molecule has 1 aliphatic rings. The first-order valence-electron chi connectivity index (χ1n) is 18.8. The van der Waals surface area contributed by atoms with Crippen molar-refractivity contribution in [3.05, 3.63) is 47.7 Å². The van der Waals surface area contributed by atoms with E-state index in [9.17, 15) is 24.0 Å². The molecule has 1 aromatic carbocycles. The molecule has 3 N–H and O–H groups in total. The molecule has 1 aliphatic heterocycles. The molecule has 2 rings (SSSR count).